The van der Waals surface area contributed by atoms with E-state index in [-0.39, 0.29) is 11.9 Å². The van der Waals surface area contributed by atoms with E-state index in [1.165, 1.54) is 12.1 Å². The molecule has 15 heavy (non-hydrogen) atoms. The lowest BCUT2D eigenvalue weighted by Crippen LogP contribution is -2.29. The van der Waals surface area contributed by atoms with E-state index in [2.05, 4.69) is 15.9 Å². The number of rotatable bonds is 5. The van der Waals surface area contributed by atoms with E-state index in [4.69, 9.17) is 0 Å². The number of likely N-dealkylation sites (N-methyl/N-ethyl adjacent to an activating group) is 1. The standard InChI is InChI=1S/C11H15BrFNO/c1-14(8-11(15)6-12)7-9-2-4-10(13)5-3-9/h2-5,11,15H,6-8H2,1H3. The average Bonchev–Trinajstić information content (AvgIpc) is 2.21. The first-order valence-electron chi connectivity index (χ1n) is 4.79. The largest absolute Gasteiger partial charge is 0.391 e. The zero-order chi connectivity index (χ0) is 11.3. The summed E-state index contributed by atoms with van der Waals surface area (Å²) in [6.07, 6.45) is -0.365. The molecule has 0 aliphatic rings. The van der Waals surface area contributed by atoms with Gasteiger partial charge >= 0.3 is 0 Å². The van der Waals surface area contributed by atoms with E-state index in [1.54, 1.807) is 12.1 Å². The highest BCUT2D eigenvalue weighted by Crippen LogP contribution is 2.06. The summed E-state index contributed by atoms with van der Waals surface area (Å²) in [5.41, 5.74) is 1.04. The third kappa shape index (κ3) is 4.73. The molecule has 1 aromatic carbocycles. The third-order valence-corrected chi connectivity index (χ3v) is 2.81. The second kappa shape index (κ2) is 6.20. The Kier molecular flexibility index (Phi) is 5.22. The van der Waals surface area contributed by atoms with Gasteiger partial charge in [-0.3, -0.25) is 4.90 Å². The van der Waals surface area contributed by atoms with Gasteiger partial charge in [0.25, 0.3) is 0 Å². The van der Waals surface area contributed by atoms with Crippen molar-refractivity contribution in [2.45, 2.75) is 12.6 Å². The summed E-state index contributed by atoms with van der Waals surface area (Å²) in [5, 5.41) is 9.97. The number of nitrogens with zero attached hydrogens (tertiary/aromatic N) is 1. The molecule has 0 saturated heterocycles. The van der Waals surface area contributed by atoms with Gasteiger partial charge in [0.1, 0.15) is 5.82 Å². The number of hydrogen-bond donors (Lipinski definition) is 1. The second-order valence-electron chi connectivity index (χ2n) is 3.63. The zero-order valence-corrected chi connectivity index (χ0v) is 10.2. The molecule has 1 aromatic rings. The van der Waals surface area contributed by atoms with E-state index in [0.717, 1.165) is 5.56 Å². The van der Waals surface area contributed by atoms with Crippen LogP contribution in [0.15, 0.2) is 24.3 Å². The second-order valence-corrected chi connectivity index (χ2v) is 4.28. The topological polar surface area (TPSA) is 23.5 Å². The minimum absolute atomic E-state index is 0.220. The lowest BCUT2D eigenvalue weighted by atomic mass is 10.2. The van der Waals surface area contributed by atoms with Crippen molar-refractivity contribution in [3.05, 3.63) is 35.6 Å². The summed E-state index contributed by atoms with van der Waals surface area (Å²) < 4.78 is 12.6. The van der Waals surface area contributed by atoms with Crippen molar-refractivity contribution >= 4 is 15.9 Å². The van der Waals surface area contributed by atoms with Gasteiger partial charge in [-0.25, -0.2) is 4.39 Å². The SMILES string of the molecule is CN(Cc1ccc(F)cc1)CC(O)CBr. The van der Waals surface area contributed by atoms with Crippen LogP contribution in [0.2, 0.25) is 0 Å². The van der Waals surface area contributed by atoms with Gasteiger partial charge in [0.2, 0.25) is 0 Å². The van der Waals surface area contributed by atoms with Gasteiger partial charge in [-0.05, 0) is 24.7 Å². The van der Waals surface area contributed by atoms with Crippen molar-refractivity contribution in [3.63, 3.8) is 0 Å². The molecule has 84 valence electrons. The van der Waals surface area contributed by atoms with Crippen LogP contribution in [0.4, 0.5) is 4.39 Å². The molecule has 0 amide bonds. The van der Waals surface area contributed by atoms with Crippen LogP contribution in [0.25, 0.3) is 0 Å². The van der Waals surface area contributed by atoms with Crippen LogP contribution in [0.5, 0.6) is 0 Å². The molecule has 0 radical (unpaired) electrons. The molecule has 0 heterocycles. The van der Waals surface area contributed by atoms with E-state index in [1.807, 2.05) is 11.9 Å². The van der Waals surface area contributed by atoms with Gasteiger partial charge in [-0.2, -0.15) is 0 Å². The fourth-order valence-electron chi connectivity index (χ4n) is 1.37. The number of aliphatic hydroxyl groups excluding tert-OH is 1. The van der Waals surface area contributed by atoms with Crippen LogP contribution in [-0.2, 0) is 6.54 Å². The van der Waals surface area contributed by atoms with Crippen LogP contribution in [0, 0.1) is 5.82 Å². The van der Waals surface area contributed by atoms with Crippen molar-refractivity contribution in [2.75, 3.05) is 18.9 Å². The number of aliphatic hydroxyl groups is 1. The molecule has 0 aromatic heterocycles. The molecule has 0 spiro atoms. The molecule has 0 bridgehead atoms. The Morgan fingerprint density at radius 1 is 1.40 bits per heavy atom. The summed E-state index contributed by atoms with van der Waals surface area (Å²) in [6.45, 7) is 1.31. The number of halogens is 2. The van der Waals surface area contributed by atoms with Crippen LogP contribution in [0.1, 0.15) is 5.56 Å². The maximum atomic E-state index is 12.6. The Bertz CT molecular complexity index is 291. The van der Waals surface area contributed by atoms with Crippen LogP contribution in [-0.4, -0.2) is 35.0 Å². The molecule has 0 aliphatic heterocycles. The predicted molar refractivity (Wildman–Crippen MR) is 62.5 cm³/mol. The molecule has 1 N–H and O–H groups in total. The molecule has 0 saturated carbocycles. The summed E-state index contributed by atoms with van der Waals surface area (Å²) >= 11 is 3.21. The fraction of sp³-hybridized carbons (Fsp3) is 0.455. The highest BCUT2D eigenvalue weighted by molar-refractivity contribution is 9.09. The molecule has 1 unspecified atom stereocenters. The monoisotopic (exact) mass is 275 g/mol. The Hall–Kier alpha value is -0.450. The van der Waals surface area contributed by atoms with Crippen LogP contribution in [0.3, 0.4) is 0 Å². The van der Waals surface area contributed by atoms with Gasteiger partial charge in [0, 0.05) is 18.4 Å². The first-order chi connectivity index (χ1) is 7.11. The van der Waals surface area contributed by atoms with Gasteiger partial charge in [-0.1, -0.05) is 28.1 Å². The maximum absolute atomic E-state index is 12.6. The van der Waals surface area contributed by atoms with E-state index >= 15 is 0 Å². The van der Waals surface area contributed by atoms with E-state index < -0.39 is 0 Å². The number of alkyl halides is 1. The van der Waals surface area contributed by atoms with Crippen molar-refractivity contribution in [2.24, 2.45) is 0 Å². The molecule has 2 nitrogen and oxygen atoms in total. The summed E-state index contributed by atoms with van der Waals surface area (Å²) in [4.78, 5) is 2.00. The molecular formula is C11H15BrFNO. The first kappa shape index (κ1) is 12.6. The summed E-state index contributed by atoms with van der Waals surface area (Å²) in [5.74, 6) is -0.220. The average molecular weight is 276 g/mol. The Balaban J connectivity index is 2.44. The minimum Gasteiger partial charge on any atom is -0.391 e. The summed E-state index contributed by atoms with van der Waals surface area (Å²) in [6, 6.07) is 6.41. The highest BCUT2D eigenvalue weighted by atomic mass is 79.9. The van der Waals surface area contributed by atoms with Crippen molar-refractivity contribution in [3.8, 4) is 0 Å². The smallest absolute Gasteiger partial charge is 0.123 e. The first-order valence-corrected chi connectivity index (χ1v) is 5.91. The van der Waals surface area contributed by atoms with Crippen LogP contribution >= 0.6 is 15.9 Å². The lowest BCUT2D eigenvalue weighted by Gasteiger charge is -2.19. The van der Waals surface area contributed by atoms with Crippen LogP contribution < -0.4 is 0 Å². The minimum atomic E-state index is -0.365. The molecular weight excluding hydrogens is 261 g/mol. The zero-order valence-electron chi connectivity index (χ0n) is 8.66. The number of benzene rings is 1. The summed E-state index contributed by atoms with van der Waals surface area (Å²) in [7, 11) is 1.93. The predicted octanol–water partition coefficient (Wildman–Crippen LogP) is 2.01. The van der Waals surface area contributed by atoms with Gasteiger partial charge in [-0.15, -0.1) is 0 Å². The Morgan fingerprint density at radius 2 is 2.00 bits per heavy atom. The fourth-order valence-corrected chi connectivity index (χ4v) is 1.58. The Labute approximate surface area is 97.8 Å². The van der Waals surface area contributed by atoms with Crippen molar-refractivity contribution in [1.29, 1.82) is 0 Å². The van der Waals surface area contributed by atoms with E-state index in [0.29, 0.717) is 18.4 Å². The van der Waals surface area contributed by atoms with Gasteiger partial charge in [0.05, 0.1) is 6.10 Å². The molecule has 4 heteroatoms. The molecule has 0 aliphatic carbocycles. The Morgan fingerprint density at radius 3 is 2.53 bits per heavy atom. The molecule has 1 rings (SSSR count). The lowest BCUT2D eigenvalue weighted by molar-refractivity contribution is 0.143. The maximum Gasteiger partial charge on any atom is 0.123 e. The quantitative estimate of drug-likeness (QED) is 0.832. The molecule has 1 atom stereocenters. The highest BCUT2D eigenvalue weighted by Gasteiger charge is 2.06. The van der Waals surface area contributed by atoms with Crippen molar-refractivity contribution < 1.29 is 9.50 Å². The molecule has 0 fully saturated rings. The third-order valence-electron chi connectivity index (χ3n) is 2.07. The van der Waals surface area contributed by atoms with E-state index in [9.17, 15) is 9.50 Å². The van der Waals surface area contributed by atoms with Gasteiger partial charge < -0.3 is 5.11 Å². The van der Waals surface area contributed by atoms with Crippen molar-refractivity contribution in [1.82, 2.24) is 4.90 Å². The van der Waals surface area contributed by atoms with Gasteiger partial charge in [0.15, 0.2) is 0 Å². The number of hydrogen-bond acceptors (Lipinski definition) is 2. The normalized spacial score (nSPS) is 13.1.